The first-order valence-corrected chi connectivity index (χ1v) is 6.74. The van der Waals surface area contributed by atoms with Crippen molar-refractivity contribution >= 4 is 0 Å². The molecule has 0 aliphatic heterocycles. The van der Waals surface area contributed by atoms with Gasteiger partial charge < -0.3 is 10.8 Å². The smallest absolute Gasteiger partial charge is 0.0614 e. The standard InChI is InChI=1S/C10H18O.C7H9N/c1-9(2)5-4-6-10(3)7-8-11;8-6-7-4-2-1-3-5-7/h5,7,11H,4,6,8H2,1-3H3;1-5H,6,8H2/b10-7+;. The molecule has 0 saturated carbocycles. The number of allylic oxidation sites excluding steroid dienone is 3. The first-order valence-electron chi connectivity index (χ1n) is 6.74. The van der Waals surface area contributed by atoms with Crippen molar-refractivity contribution in [2.75, 3.05) is 6.61 Å². The second-order valence-electron chi connectivity index (χ2n) is 4.74. The zero-order valence-corrected chi connectivity index (χ0v) is 12.4. The van der Waals surface area contributed by atoms with Crippen molar-refractivity contribution in [3.05, 3.63) is 59.2 Å². The van der Waals surface area contributed by atoms with Gasteiger partial charge in [-0.25, -0.2) is 0 Å². The first kappa shape index (κ1) is 17.6. The van der Waals surface area contributed by atoms with Crippen molar-refractivity contribution in [2.45, 2.75) is 40.2 Å². The molecule has 2 heteroatoms. The molecule has 1 rings (SSSR count). The number of hydrogen-bond acceptors (Lipinski definition) is 2. The Morgan fingerprint density at radius 1 is 1.11 bits per heavy atom. The monoisotopic (exact) mass is 261 g/mol. The van der Waals surface area contributed by atoms with Crippen molar-refractivity contribution in [3.63, 3.8) is 0 Å². The van der Waals surface area contributed by atoms with Crippen LogP contribution in [0.5, 0.6) is 0 Å². The van der Waals surface area contributed by atoms with E-state index in [0.717, 1.165) is 12.8 Å². The molecule has 2 nitrogen and oxygen atoms in total. The number of aliphatic hydroxyl groups excluding tert-OH is 1. The van der Waals surface area contributed by atoms with Crippen LogP contribution in [0.3, 0.4) is 0 Å². The van der Waals surface area contributed by atoms with E-state index in [1.165, 1.54) is 16.7 Å². The summed E-state index contributed by atoms with van der Waals surface area (Å²) in [6.07, 6.45) is 6.23. The van der Waals surface area contributed by atoms with Gasteiger partial charge in [0.1, 0.15) is 0 Å². The molecule has 0 amide bonds. The number of aliphatic hydroxyl groups is 1. The summed E-state index contributed by atoms with van der Waals surface area (Å²) < 4.78 is 0. The van der Waals surface area contributed by atoms with Gasteiger partial charge in [-0.1, -0.05) is 53.6 Å². The lowest BCUT2D eigenvalue weighted by Crippen LogP contribution is -1.94. The minimum atomic E-state index is 0.167. The number of rotatable bonds is 5. The maximum absolute atomic E-state index is 8.55. The highest BCUT2D eigenvalue weighted by molar-refractivity contribution is 5.13. The maximum atomic E-state index is 8.55. The van der Waals surface area contributed by atoms with Crippen molar-refractivity contribution in [2.24, 2.45) is 5.73 Å². The van der Waals surface area contributed by atoms with Crippen molar-refractivity contribution in [1.82, 2.24) is 0 Å². The summed E-state index contributed by atoms with van der Waals surface area (Å²) in [6, 6.07) is 9.99. The largest absolute Gasteiger partial charge is 0.392 e. The van der Waals surface area contributed by atoms with Crippen LogP contribution in [-0.4, -0.2) is 11.7 Å². The Morgan fingerprint density at radius 3 is 2.16 bits per heavy atom. The Bertz CT molecular complexity index is 376. The van der Waals surface area contributed by atoms with Gasteiger partial charge in [-0.2, -0.15) is 0 Å². The Kier molecular flexibility index (Phi) is 10.8. The molecule has 0 spiro atoms. The topological polar surface area (TPSA) is 46.2 Å². The van der Waals surface area contributed by atoms with Gasteiger partial charge in [0.25, 0.3) is 0 Å². The fraction of sp³-hybridized carbons (Fsp3) is 0.412. The van der Waals surface area contributed by atoms with Crippen LogP contribution in [0, 0.1) is 0 Å². The second kappa shape index (κ2) is 11.7. The molecule has 1 aromatic rings. The normalized spacial score (nSPS) is 10.5. The van der Waals surface area contributed by atoms with Crippen LogP contribution in [0.25, 0.3) is 0 Å². The minimum Gasteiger partial charge on any atom is -0.392 e. The molecule has 0 atom stereocenters. The quantitative estimate of drug-likeness (QED) is 0.792. The third-order valence-electron chi connectivity index (χ3n) is 2.61. The molecule has 0 bridgehead atoms. The molecule has 0 aliphatic carbocycles. The summed E-state index contributed by atoms with van der Waals surface area (Å²) in [5.74, 6) is 0. The molecule has 0 aromatic heterocycles. The second-order valence-corrected chi connectivity index (χ2v) is 4.74. The van der Waals surface area contributed by atoms with E-state index < -0.39 is 0 Å². The summed E-state index contributed by atoms with van der Waals surface area (Å²) in [7, 11) is 0. The van der Waals surface area contributed by atoms with Gasteiger partial charge in [0.2, 0.25) is 0 Å². The molecule has 0 saturated heterocycles. The summed E-state index contributed by atoms with van der Waals surface area (Å²) in [4.78, 5) is 0. The highest BCUT2D eigenvalue weighted by atomic mass is 16.2. The van der Waals surface area contributed by atoms with Crippen molar-refractivity contribution in [3.8, 4) is 0 Å². The van der Waals surface area contributed by atoms with Gasteiger partial charge >= 0.3 is 0 Å². The fourth-order valence-corrected chi connectivity index (χ4v) is 1.46. The summed E-state index contributed by atoms with van der Waals surface area (Å²) in [6.45, 7) is 7.06. The van der Waals surface area contributed by atoms with Crippen LogP contribution < -0.4 is 5.73 Å². The van der Waals surface area contributed by atoms with E-state index in [-0.39, 0.29) is 6.61 Å². The van der Waals surface area contributed by atoms with Crippen LogP contribution in [0.2, 0.25) is 0 Å². The van der Waals surface area contributed by atoms with Gasteiger partial charge in [-0.3, -0.25) is 0 Å². The number of benzene rings is 1. The van der Waals surface area contributed by atoms with Gasteiger partial charge in [-0.05, 0) is 39.2 Å². The minimum absolute atomic E-state index is 0.167. The van der Waals surface area contributed by atoms with Crippen LogP contribution in [0.4, 0.5) is 0 Å². The lowest BCUT2D eigenvalue weighted by molar-refractivity contribution is 0.341. The van der Waals surface area contributed by atoms with E-state index in [4.69, 9.17) is 10.8 Å². The fourth-order valence-electron chi connectivity index (χ4n) is 1.46. The predicted octanol–water partition coefficient (Wildman–Crippen LogP) is 3.82. The molecule has 0 heterocycles. The maximum Gasteiger partial charge on any atom is 0.0614 e. The van der Waals surface area contributed by atoms with E-state index in [9.17, 15) is 0 Å². The Hall–Kier alpha value is -1.38. The molecule has 0 radical (unpaired) electrons. The SMILES string of the molecule is CC(C)=CCC/C(C)=C/CO.NCc1ccccc1. The molecule has 106 valence electrons. The highest BCUT2D eigenvalue weighted by Gasteiger charge is 1.86. The van der Waals surface area contributed by atoms with E-state index in [1.807, 2.05) is 36.4 Å². The predicted molar refractivity (Wildman–Crippen MR) is 83.8 cm³/mol. The zero-order chi connectivity index (χ0) is 14.5. The number of nitrogens with two attached hydrogens (primary N) is 1. The third kappa shape index (κ3) is 11.4. The average Bonchev–Trinajstić information content (AvgIpc) is 2.40. The van der Waals surface area contributed by atoms with Crippen molar-refractivity contribution in [1.29, 1.82) is 0 Å². The van der Waals surface area contributed by atoms with E-state index >= 15 is 0 Å². The average molecular weight is 261 g/mol. The molecular weight excluding hydrogens is 234 g/mol. The lowest BCUT2D eigenvalue weighted by atomic mass is 10.1. The van der Waals surface area contributed by atoms with Gasteiger partial charge in [0.05, 0.1) is 6.61 Å². The molecule has 0 aliphatic rings. The Morgan fingerprint density at radius 2 is 1.74 bits per heavy atom. The first-order chi connectivity index (χ1) is 9.10. The zero-order valence-electron chi connectivity index (χ0n) is 12.4. The van der Waals surface area contributed by atoms with Gasteiger partial charge in [0.15, 0.2) is 0 Å². The molecule has 3 N–H and O–H groups in total. The van der Waals surface area contributed by atoms with Crippen LogP contribution in [0.15, 0.2) is 53.6 Å². The van der Waals surface area contributed by atoms with Crippen molar-refractivity contribution < 1.29 is 5.11 Å². The summed E-state index contributed by atoms with van der Waals surface area (Å²) in [5, 5.41) is 8.55. The molecule has 19 heavy (non-hydrogen) atoms. The summed E-state index contributed by atoms with van der Waals surface area (Å²) in [5.41, 5.74) is 9.17. The van der Waals surface area contributed by atoms with E-state index in [0.29, 0.717) is 6.54 Å². The molecular formula is C17H27NO. The molecule has 0 unspecified atom stereocenters. The third-order valence-corrected chi connectivity index (χ3v) is 2.61. The Balaban J connectivity index is 0.000000356. The van der Waals surface area contributed by atoms with Gasteiger partial charge in [0, 0.05) is 6.54 Å². The van der Waals surface area contributed by atoms with Crippen LogP contribution in [-0.2, 0) is 6.54 Å². The van der Waals surface area contributed by atoms with Gasteiger partial charge in [-0.15, -0.1) is 0 Å². The molecule has 1 aromatic carbocycles. The summed E-state index contributed by atoms with van der Waals surface area (Å²) >= 11 is 0. The Labute approximate surface area is 117 Å². The molecule has 0 fully saturated rings. The number of hydrogen-bond donors (Lipinski definition) is 2. The van der Waals surface area contributed by atoms with E-state index in [1.54, 1.807) is 0 Å². The van der Waals surface area contributed by atoms with E-state index in [2.05, 4.69) is 26.8 Å². The lowest BCUT2D eigenvalue weighted by Gasteiger charge is -1.96. The highest BCUT2D eigenvalue weighted by Crippen LogP contribution is 2.05. The van der Waals surface area contributed by atoms with Crippen LogP contribution >= 0.6 is 0 Å². The van der Waals surface area contributed by atoms with Crippen LogP contribution in [0.1, 0.15) is 39.2 Å².